The molecule has 2 atom stereocenters. The van der Waals surface area contributed by atoms with Crippen LogP contribution < -0.4 is 5.32 Å². The topological polar surface area (TPSA) is 15.3 Å². The van der Waals surface area contributed by atoms with Gasteiger partial charge in [0.05, 0.1) is 0 Å². The number of rotatable bonds is 4. The fraction of sp³-hybridized carbons (Fsp3) is 0.467. The SMILES string of the molecule is C=CCN1CC(Cc2ccccc2)NCC1C. The van der Waals surface area contributed by atoms with Gasteiger partial charge in [0.1, 0.15) is 0 Å². The van der Waals surface area contributed by atoms with Gasteiger partial charge in [-0.2, -0.15) is 0 Å². The van der Waals surface area contributed by atoms with Gasteiger partial charge < -0.3 is 5.32 Å². The van der Waals surface area contributed by atoms with E-state index in [0.717, 1.165) is 26.1 Å². The quantitative estimate of drug-likeness (QED) is 0.797. The van der Waals surface area contributed by atoms with Crippen molar-refractivity contribution in [1.29, 1.82) is 0 Å². The lowest BCUT2D eigenvalue weighted by molar-refractivity contribution is 0.156. The second-order valence-corrected chi connectivity index (χ2v) is 4.89. The van der Waals surface area contributed by atoms with Crippen LogP contribution in [0.25, 0.3) is 0 Å². The van der Waals surface area contributed by atoms with Gasteiger partial charge in [-0.05, 0) is 18.9 Å². The van der Waals surface area contributed by atoms with E-state index in [1.54, 1.807) is 0 Å². The van der Waals surface area contributed by atoms with Crippen LogP contribution in [0.3, 0.4) is 0 Å². The van der Waals surface area contributed by atoms with Gasteiger partial charge in [0, 0.05) is 31.7 Å². The molecule has 0 bridgehead atoms. The molecule has 2 nitrogen and oxygen atoms in total. The van der Waals surface area contributed by atoms with E-state index in [1.165, 1.54) is 5.56 Å². The van der Waals surface area contributed by atoms with E-state index in [-0.39, 0.29) is 0 Å². The molecule has 2 unspecified atom stereocenters. The molecule has 0 aliphatic carbocycles. The third kappa shape index (κ3) is 3.42. The average Bonchev–Trinajstić information content (AvgIpc) is 2.35. The van der Waals surface area contributed by atoms with Crippen molar-refractivity contribution < 1.29 is 0 Å². The van der Waals surface area contributed by atoms with Gasteiger partial charge in [-0.1, -0.05) is 36.4 Å². The Morgan fingerprint density at radius 1 is 1.41 bits per heavy atom. The number of benzene rings is 1. The molecule has 2 rings (SSSR count). The summed E-state index contributed by atoms with van der Waals surface area (Å²) < 4.78 is 0. The second kappa shape index (κ2) is 5.99. The number of piperazine rings is 1. The van der Waals surface area contributed by atoms with Crippen molar-refractivity contribution >= 4 is 0 Å². The predicted octanol–water partition coefficient (Wildman–Crippen LogP) is 2.08. The Labute approximate surface area is 104 Å². The van der Waals surface area contributed by atoms with E-state index in [4.69, 9.17) is 0 Å². The van der Waals surface area contributed by atoms with Crippen molar-refractivity contribution in [2.75, 3.05) is 19.6 Å². The summed E-state index contributed by atoms with van der Waals surface area (Å²) in [6.07, 6.45) is 3.11. The van der Waals surface area contributed by atoms with Crippen molar-refractivity contribution in [3.05, 3.63) is 48.6 Å². The van der Waals surface area contributed by atoms with Gasteiger partial charge in [-0.25, -0.2) is 0 Å². The first-order chi connectivity index (χ1) is 8.29. The highest BCUT2D eigenvalue weighted by Gasteiger charge is 2.23. The van der Waals surface area contributed by atoms with Crippen molar-refractivity contribution in [2.24, 2.45) is 0 Å². The summed E-state index contributed by atoms with van der Waals surface area (Å²) in [6.45, 7) is 9.29. The van der Waals surface area contributed by atoms with Gasteiger partial charge in [0.2, 0.25) is 0 Å². The first-order valence-corrected chi connectivity index (χ1v) is 6.42. The maximum absolute atomic E-state index is 3.84. The van der Waals surface area contributed by atoms with Crippen LogP contribution in [0.5, 0.6) is 0 Å². The fourth-order valence-corrected chi connectivity index (χ4v) is 2.45. The minimum atomic E-state index is 0.563. The minimum Gasteiger partial charge on any atom is -0.311 e. The zero-order chi connectivity index (χ0) is 12.1. The Balaban J connectivity index is 1.92. The maximum Gasteiger partial charge on any atom is 0.0236 e. The van der Waals surface area contributed by atoms with E-state index < -0.39 is 0 Å². The minimum absolute atomic E-state index is 0.563. The molecule has 1 N–H and O–H groups in total. The molecule has 17 heavy (non-hydrogen) atoms. The predicted molar refractivity (Wildman–Crippen MR) is 73.2 cm³/mol. The summed E-state index contributed by atoms with van der Waals surface area (Å²) in [5.74, 6) is 0. The molecule has 0 amide bonds. The molecule has 1 fully saturated rings. The third-order valence-corrected chi connectivity index (χ3v) is 3.47. The summed E-state index contributed by atoms with van der Waals surface area (Å²) in [7, 11) is 0. The van der Waals surface area contributed by atoms with Crippen molar-refractivity contribution in [3.8, 4) is 0 Å². The van der Waals surface area contributed by atoms with Crippen LogP contribution in [0.2, 0.25) is 0 Å². The lowest BCUT2D eigenvalue weighted by Gasteiger charge is -2.38. The molecule has 1 aromatic carbocycles. The zero-order valence-corrected chi connectivity index (χ0v) is 10.6. The van der Waals surface area contributed by atoms with E-state index in [1.807, 2.05) is 6.08 Å². The van der Waals surface area contributed by atoms with Crippen LogP contribution in [-0.4, -0.2) is 36.6 Å². The molecule has 92 valence electrons. The normalized spacial score (nSPS) is 25.7. The van der Waals surface area contributed by atoms with Crippen LogP contribution in [0.4, 0.5) is 0 Å². The lowest BCUT2D eigenvalue weighted by Crippen LogP contribution is -2.55. The van der Waals surface area contributed by atoms with Crippen LogP contribution in [0.15, 0.2) is 43.0 Å². The molecular weight excluding hydrogens is 208 g/mol. The summed E-state index contributed by atoms with van der Waals surface area (Å²) >= 11 is 0. The molecule has 0 radical (unpaired) electrons. The first kappa shape index (κ1) is 12.3. The highest BCUT2D eigenvalue weighted by atomic mass is 15.2. The Morgan fingerprint density at radius 2 is 2.18 bits per heavy atom. The van der Waals surface area contributed by atoms with Crippen molar-refractivity contribution in [3.63, 3.8) is 0 Å². The van der Waals surface area contributed by atoms with Gasteiger partial charge in [0.25, 0.3) is 0 Å². The summed E-state index contributed by atoms with van der Waals surface area (Å²) in [5, 5.41) is 3.63. The van der Waals surface area contributed by atoms with Gasteiger partial charge >= 0.3 is 0 Å². The van der Waals surface area contributed by atoms with Crippen LogP contribution in [-0.2, 0) is 6.42 Å². The van der Waals surface area contributed by atoms with Crippen molar-refractivity contribution in [1.82, 2.24) is 10.2 Å². The fourth-order valence-electron chi connectivity index (χ4n) is 2.45. The number of hydrogen-bond donors (Lipinski definition) is 1. The third-order valence-electron chi connectivity index (χ3n) is 3.47. The second-order valence-electron chi connectivity index (χ2n) is 4.89. The molecule has 0 spiro atoms. The molecule has 0 saturated carbocycles. The Morgan fingerprint density at radius 3 is 2.88 bits per heavy atom. The molecule has 0 aromatic heterocycles. The number of nitrogens with zero attached hydrogens (tertiary/aromatic N) is 1. The van der Waals surface area contributed by atoms with E-state index in [0.29, 0.717) is 12.1 Å². The van der Waals surface area contributed by atoms with E-state index in [2.05, 4.69) is 54.1 Å². The maximum atomic E-state index is 3.84. The molecule has 2 heteroatoms. The number of nitrogens with one attached hydrogen (secondary N) is 1. The summed E-state index contributed by atoms with van der Waals surface area (Å²) in [6, 6.07) is 11.9. The Hall–Kier alpha value is -1.12. The standard InChI is InChI=1S/C15H22N2/c1-3-9-17-12-15(16-11-13(17)2)10-14-7-5-4-6-8-14/h3-8,13,15-16H,1,9-12H2,2H3. The van der Waals surface area contributed by atoms with E-state index in [9.17, 15) is 0 Å². The molecule has 1 saturated heterocycles. The van der Waals surface area contributed by atoms with Gasteiger partial charge in [-0.15, -0.1) is 6.58 Å². The number of hydrogen-bond acceptors (Lipinski definition) is 2. The molecular formula is C15H22N2. The molecule has 1 aromatic rings. The largest absolute Gasteiger partial charge is 0.311 e. The molecule has 1 heterocycles. The highest BCUT2D eigenvalue weighted by molar-refractivity contribution is 5.16. The summed E-state index contributed by atoms with van der Waals surface area (Å²) in [5.41, 5.74) is 1.41. The van der Waals surface area contributed by atoms with E-state index >= 15 is 0 Å². The smallest absolute Gasteiger partial charge is 0.0236 e. The summed E-state index contributed by atoms with van der Waals surface area (Å²) in [4.78, 5) is 2.50. The van der Waals surface area contributed by atoms with Crippen LogP contribution >= 0.6 is 0 Å². The van der Waals surface area contributed by atoms with Crippen LogP contribution in [0.1, 0.15) is 12.5 Å². The lowest BCUT2D eigenvalue weighted by atomic mass is 10.0. The zero-order valence-electron chi connectivity index (χ0n) is 10.6. The van der Waals surface area contributed by atoms with Crippen LogP contribution in [0, 0.1) is 0 Å². The highest BCUT2D eigenvalue weighted by Crippen LogP contribution is 2.11. The molecule has 1 aliphatic rings. The monoisotopic (exact) mass is 230 g/mol. The van der Waals surface area contributed by atoms with Gasteiger partial charge in [0.15, 0.2) is 0 Å². The molecule has 1 aliphatic heterocycles. The average molecular weight is 230 g/mol. The Kier molecular flexibility index (Phi) is 4.35. The Bertz CT molecular complexity index is 347. The van der Waals surface area contributed by atoms with Gasteiger partial charge in [-0.3, -0.25) is 4.90 Å². The van der Waals surface area contributed by atoms with Crippen molar-refractivity contribution in [2.45, 2.75) is 25.4 Å². The first-order valence-electron chi connectivity index (χ1n) is 6.42.